The number of hydrogen-bond donors (Lipinski definition) is 1. The zero-order valence-corrected chi connectivity index (χ0v) is 8.59. The van der Waals surface area contributed by atoms with E-state index in [1.54, 1.807) is 6.92 Å². The second kappa shape index (κ2) is 5.56. The molecule has 0 saturated carbocycles. The fourth-order valence-electron chi connectivity index (χ4n) is 1.02. The minimum Gasteiger partial charge on any atom is -0.453 e. The number of rotatable bonds is 4. The van der Waals surface area contributed by atoms with Crippen LogP contribution < -0.4 is 5.32 Å². The van der Waals surface area contributed by atoms with Crippen molar-refractivity contribution in [3.63, 3.8) is 0 Å². The van der Waals surface area contributed by atoms with Crippen molar-refractivity contribution < 1.29 is 14.3 Å². The summed E-state index contributed by atoms with van der Waals surface area (Å²) in [5, 5.41) is 2.51. The number of Topliss-reactive ketones (excluding diaryl/α,β-unsaturated/α-hetero) is 1. The molecule has 4 heteroatoms. The van der Waals surface area contributed by atoms with Crippen LogP contribution in [-0.2, 0) is 9.53 Å². The first-order valence-corrected chi connectivity index (χ1v) is 4.40. The summed E-state index contributed by atoms with van der Waals surface area (Å²) < 4.78 is 4.42. The van der Waals surface area contributed by atoms with E-state index in [-0.39, 0.29) is 11.7 Å². The summed E-state index contributed by atoms with van der Waals surface area (Å²) in [7, 11) is 1.28. The van der Waals surface area contributed by atoms with Gasteiger partial charge in [-0.1, -0.05) is 20.8 Å². The number of carbonyl (C=O) groups excluding carboxylic acids is 2. The van der Waals surface area contributed by atoms with Crippen LogP contribution in [0.5, 0.6) is 0 Å². The first-order chi connectivity index (χ1) is 6.02. The average molecular weight is 187 g/mol. The average Bonchev–Trinajstić information content (AvgIpc) is 2.11. The number of nitrogens with one attached hydrogen (secondary N) is 1. The number of ether oxygens (including phenoxy) is 1. The van der Waals surface area contributed by atoms with Gasteiger partial charge in [0.2, 0.25) is 0 Å². The summed E-state index contributed by atoms with van der Waals surface area (Å²) in [6.45, 7) is 5.54. The van der Waals surface area contributed by atoms with Crippen molar-refractivity contribution in [2.45, 2.75) is 33.2 Å². The van der Waals surface area contributed by atoms with Crippen molar-refractivity contribution in [3.05, 3.63) is 0 Å². The Morgan fingerprint density at radius 1 is 1.38 bits per heavy atom. The van der Waals surface area contributed by atoms with Gasteiger partial charge in [-0.3, -0.25) is 4.79 Å². The summed E-state index contributed by atoms with van der Waals surface area (Å²) in [5.41, 5.74) is 0. The van der Waals surface area contributed by atoms with Crippen LogP contribution >= 0.6 is 0 Å². The van der Waals surface area contributed by atoms with Crippen LogP contribution in [0.4, 0.5) is 4.79 Å². The van der Waals surface area contributed by atoms with Gasteiger partial charge in [-0.05, 0) is 5.92 Å². The lowest BCUT2D eigenvalue weighted by Crippen LogP contribution is -2.44. The zero-order chi connectivity index (χ0) is 10.4. The highest BCUT2D eigenvalue weighted by atomic mass is 16.5. The van der Waals surface area contributed by atoms with Gasteiger partial charge in [0.25, 0.3) is 0 Å². The highest BCUT2D eigenvalue weighted by Gasteiger charge is 2.22. The van der Waals surface area contributed by atoms with Crippen LogP contribution in [0.2, 0.25) is 0 Å². The molecule has 0 aliphatic carbocycles. The third-order valence-electron chi connectivity index (χ3n) is 1.82. The van der Waals surface area contributed by atoms with Gasteiger partial charge in [0.05, 0.1) is 13.2 Å². The predicted molar refractivity (Wildman–Crippen MR) is 49.5 cm³/mol. The van der Waals surface area contributed by atoms with Crippen molar-refractivity contribution in [3.8, 4) is 0 Å². The Balaban J connectivity index is 4.26. The summed E-state index contributed by atoms with van der Waals surface area (Å²) in [4.78, 5) is 22.2. The number of hydrogen-bond acceptors (Lipinski definition) is 3. The van der Waals surface area contributed by atoms with E-state index >= 15 is 0 Å². The molecule has 0 aliphatic heterocycles. The molecule has 0 aromatic carbocycles. The van der Waals surface area contributed by atoms with E-state index in [0.717, 1.165) is 0 Å². The molecule has 0 aliphatic rings. The summed E-state index contributed by atoms with van der Waals surface area (Å²) in [5.74, 6) is 0.118. The molecule has 0 bridgehead atoms. The Kier molecular flexibility index (Phi) is 5.11. The summed E-state index contributed by atoms with van der Waals surface area (Å²) >= 11 is 0. The van der Waals surface area contributed by atoms with E-state index in [9.17, 15) is 9.59 Å². The van der Waals surface area contributed by atoms with Gasteiger partial charge in [-0.25, -0.2) is 4.79 Å². The number of amides is 1. The molecule has 0 aromatic heterocycles. The highest BCUT2D eigenvalue weighted by Crippen LogP contribution is 2.05. The quantitative estimate of drug-likeness (QED) is 0.722. The number of ketones is 1. The molecular weight excluding hydrogens is 170 g/mol. The van der Waals surface area contributed by atoms with E-state index in [4.69, 9.17) is 0 Å². The van der Waals surface area contributed by atoms with Crippen molar-refractivity contribution >= 4 is 11.9 Å². The van der Waals surface area contributed by atoms with Crippen LogP contribution in [0.1, 0.15) is 27.2 Å². The van der Waals surface area contributed by atoms with Crippen LogP contribution in [0.15, 0.2) is 0 Å². The zero-order valence-electron chi connectivity index (χ0n) is 8.59. The Hall–Kier alpha value is -1.06. The maximum atomic E-state index is 11.3. The van der Waals surface area contributed by atoms with Gasteiger partial charge < -0.3 is 10.1 Å². The molecular formula is C9H17NO3. The van der Waals surface area contributed by atoms with Gasteiger partial charge in [-0.15, -0.1) is 0 Å². The Labute approximate surface area is 78.6 Å². The van der Waals surface area contributed by atoms with Crippen molar-refractivity contribution in [2.24, 2.45) is 5.92 Å². The van der Waals surface area contributed by atoms with E-state index in [1.165, 1.54) is 7.11 Å². The number of alkyl carbamates (subject to hydrolysis) is 1. The standard InChI is InChI=1S/C9H17NO3/c1-5-7(11)8(6(2)3)10-9(12)13-4/h6,8H,5H2,1-4H3,(H,10,12)/t8-/m1/s1. The largest absolute Gasteiger partial charge is 0.453 e. The molecule has 1 N–H and O–H groups in total. The van der Waals surface area contributed by atoms with Gasteiger partial charge in [-0.2, -0.15) is 0 Å². The van der Waals surface area contributed by atoms with Crippen molar-refractivity contribution in [1.29, 1.82) is 0 Å². The third kappa shape index (κ3) is 3.92. The highest BCUT2D eigenvalue weighted by molar-refractivity contribution is 5.87. The minimum atomic E-state index is -0.555. The van der Waals surface area contributed by atoms with Crippen LogP contribution in [0.3, 0.4) is 0 Å². The Morgan fingerprint density at radius 3 is 2.23 bits per heavy atom. The van der Waals surface area contributed by atoms with E-state index in [0.29, 0.717) is 6.42 Å². The van der Waals surface area contributed by atoms with Crippen LogP contribution in [0, 0.1) is 5.92 Å². The molecule has 4 nitrogen and oxygen atoms in total. The fourth-order valence-corrected chi connectivity index (χ4v) is 1.02. The molecule has 1 atom stereocenters. The molecule has 13 heavy (non-hydrogen) atoms. The molecule has 0 saturated heterocycles. The Bertz CT molecular complexity index is 189. The van der Waals surface area contributed by atoms with Gasteiger partial charge in [0, 0.05) is 6.42 Å². The monoisotopic (exact) mass is 187 g/mol. The summed E-state index contributed by atoms with van der Waals surface area (Å²) in [6, 6.07) is -0.433. The first-order valence-electron chi connectivity index (χ1n) is 4.40. The molecule has 0 radical (unpaired) electrons. The molecule has 76 valence electrons. The topological polar surface area (TPSA) is 55.4 Å². The smallest absolute Gasteiger partial charge is 0.407 e. The molecule has 0 fully saturated rings. The fraction of sp³-hybridized carbons (Fsp3) is 0.778. The predicted octanol–water partition coefficient (Wildman–Crippen LogP) is 1.35. The van der Waals surface area contributed by atoms with Crippen LogP contribution in [-0.4, -0.2) is 25.0 Å². The van der Waals surface area contributed by atoms with Crippen LogP contribution in [0.25, 0.3) is 0 Å². The third-order valence-corrected chi connectivity index (χ3v) is 1.82. The van der Waals surface area contributed by atoms with Crippen molar-refractivity contribution in [2.75, 3.05) is 7.11 Å². The van der Waals surface area contributed by atoms with E-state index in [1.807, 2.05) is 13.8 Å². The van der Waals surface area contributed by atoms with Gasteiger partial charge in [0.15, 0.2) is 5.78 Å². The lowest BCUT2D eigenvalue weighted by atomic mass is 9.99. The van der Waals surface area contributed by atoms with E-state index < -0.39 is 12.1 Å². The van der Waals surface area contributed by atoms with Crippen molar-refractivity contribution in [1.82, 2.24) is 5.32 Å². The molecule has 0 heterocycles. The van der Waals surface area contributed by atoms with E-state index in [2.05, 4.69) is 10.1 Å². The maximum Gasteiger partial charge on any atom is 0.407 e. The first kappa shape index (κ1) is 11.9. The second-order valence-electron chi connectivity index (χ2n) is 3.18. The second-order valence-corrected chi connectivity index (χ2v) is 3.18. The summed E-state index contributed by atoms with van der Waals surface area (Å²) in [6.07, 6.45) is -0.132. The Morgan fingerprint density at radius 2 is 1.92 bits per heavy atom. The number of carbonyl (C=O) groups is 2. The molecule has 0 aromatic rings. The molecule has 1 amide bonds. The lowest BCUT2D eigenvalue weighted by molar-refractivity contribution is -0.121. The molecule has 0 unspecified atom stereocenters. The minimum absolute atomic E-state index is 0.0281. The maximum absolute atomic E-state index is 11.3. The SMILES string of the molecule is CCC(=O)[C@H](NC(=O)OC)C(C)C. The van der Waals surface area contributed by atoms with Gasteiger partial charge in [0.1, 0.15) is 0 Å². The lowest BCUT2D eigenvalue weighted by Gasteiger charge is -2.19. The van der Waals surface area contributed by atoms with Gasteiger partial charge >= 0.3 is 6.09 Å². The normalized spacial score (nSPS) is 12.4. The molecule has 0 rings (SSSR count). The molecule has 0 spiro atoms. The number of methoxy groups -OCH3 is 1.